The standard InChI is InChI=1S/C17H14BrNO/c1-10-4-6-13(15(18)7-10)17(20)14-9-19-16-8-11(2)3-5-12(14)16/h3-9,19H,1-2H3. The van der Waals surface area contributed by atoms with Gasteiger partial charge in [0.25, 0.3) is 0 Å². The summed E-state index contributed by atoms with van der Waals surface area (Å²) in [5.74, 6) is 0.0342. The zero-order valence-electron chi connectivity index (χ0n) is 11.3. The smallest absolute Gasteiger partial charge is 0.196 e. The lowest BCUT2D eigenvalue weighted by molar-refractivity contribution is 0.103. The Morgan fingerprint density at radius 1 is 1.00 bits per heavy atom. The average Bonchev–Trinajstić information content (AvgIpc) is 2.80. The van der Waals surface area contributed by atoms with Gasteiger partial charge in [0.1, 0.15) is 0 Å². The number of hydrogen-bond donors (Lipinski definition) is 1. The first-order chi connectivity index (χ1) is 9.56. The number of benzene rings is 2. The molecule has 0 radical (unpaired) electrons. The van der Waals surface area contributed by atoms with Crippen molar-refractivity contribution in [3.8, 4) is 0 Å². The Kier molecular flexibility index (Phi) is 3.22. The van der Waals surface area contributed by atoms with Crippen LogP contribution in [0.1, 0.15) is 27.0 Å². The maximum atomic E-state index is 12.7. The third-order valence-corrected chi connectivity index (χ3v) is 4.11. The second-order valence-corrected chi connectivity index (χ2v) is 5.92. The topological polar surface area (TPSA) is 32.9 Å². The second-order valence-electron chi connectivity index (χ2n) is 5.06. The molecular formula is C17H14BrNO. The number of ketones is 1. The third kappa shape index (κ3) is 2.18. The number of rotatable bonds is 2. The molecule has 0 bridgehead atoms. The van der Waals surface area contributed by atoms with E-state index < -0.39 is 0 Å². The minimum atomic E-state index is 0.0342. The molecule has 1 N–H and O–H groups in total. The molecule has 3 rings (SSSR count). The van der Waals surface area contributed by atoms with Crippen molar-refractivity contribution < 1.29 is 4.79 Å². The fourth-order valence-corrected chi connectivity index (χ4v) is 3.05. The number of aromatic amines is 1. The van der Waals surface area contributed by atoms with E-state index in [1.165, 1.54) is 5.56 Å². The lowest BCUT2D eigenvalue weighted by atomic mass is 10.0. The second kappa shape index (κ2) is 4.91. The zero-order valence-corrected chi connectivity index (χ0v) is 12.9. The van der Waals surface area contributed by atoms with Crippen molar-refractivity contribution in [1.82, 2.24) is 4.98 Å². The Balaban J connectivity index is 2.13. The van der Waals surface area contributed by atoms with Gasteiger partial charge in [0.05, 0.1) is 0 Å². The van der Waals surface area contributed by atoms with Gasteiger partial charge in [-0.25, -0.2) is 0 Å². The van der Waals surface area contributed by atoms with Crippen molar-refractivity contribution in [3.05, 3.63) is 69.3 Å². The van der Waals surface area contributed by atoms with Gasteiger partial charge >= 0.3 is 0 Å². The Morgan fingerprint density at radius 3 is 2.45 bits per heavy atom. The molecule has 1 heterocycles. The van der Waals surface area contributed by atoms with Gasteiger partial charge in [-0.3, -0.25) is 4.79 Å². The van der Waals surface area contributed by atoms with E-state index >= 15 is 0 Å². The molecule has 0 atom stereocenters. The summed E-state index contributed by atoms with van der Waals surface area (Å²) in [6.45, 7) is 4.05. The molecule has 3 heteroatoms. The van der Waals surface area contributed by atoms with Crippen LogP contribution in [-0.2, 0) is 0 Å². The highest BCUT2D eigenvalue weighted by molar-refractivity contribution is 9.10. The Hall–Kier alpha value is -1.87. The molecule has 0 aliphatic heterocycles. The number of hydrogen-bond acceptors (Lipinski definition) is 1. The fourth-order valence-electron chi connectivity index (χ4n) is 2.38. The van der Waals surface area contributed by atoms with E-state index in [0.29, 0.717) is 11.1 Å². The van der Waals surface area contributed by atoms with Gasteiger partial charge in [-0.05, 0) is 43.2 Å². The number of fused-ring (bicyclic) bond motifs is 1. The predicted molar refractivity (Wildman–Crippen MR) is 85.3 cm³/mol. The van der Waals surface area contributed by atoms with Crippen molar-refractivity contribution in [2.24, 2.45) is 0 Å². The van der Waals surface area contributed by atoms with Crippen LogP contribution in [0.3, 0.4) is 0 Å². The summed E-state index contributed by atoms with van der Waals surface area (Å²) in [4.78, 5) is 15.9. The molecule has 1 aromatic heterocycles. The van der Waals surface area contributed by atoms with Crippen molar-refractivity contribution in [2.45, 2.75) is 13.8 Å². The van der Waals surface area contributed by atoms with Crippen LogP contribution in [0.5, 0.6) is 0 Å². The highest BCUT2D eigenvalue weighted by Crippen LogP contribution is 2.26. The summed E-state index contributed by atoms with van der Waals surface area (Å²) < 4.78 is 0.837. The van der Waals surface area contributed by atoms with Crippen LogP contribution in [0.15, 0.2) is 47.1 Å². The van der Waals surface area contributed by atoms with E-state index in [2.05, 4.69) is 27.0 Å². The van der Waals surface area contributed by atoms with Crippen molar-refractivity contribution >= 4 is 32.6 Å². The first kappa shape index (κ1) is 13.1. The molecule has 0 amide bonds. The third-order valence-electron chi connectivity index (χ3n) is 3.45. The van der Waals surface area contributed by atoms with E-state index in [1.54, 1.807) is 6.20 Å². The van der Waals surface area contributed by atoms with Gasteiger partial charge in [0, 0.05) is 32.7 Å². The van der Waals surface area contributed by atoms with Crippen molar-refractivity contribution in [2.75, 3.05) is 0 Å². The van der Waals surface area contributed by atoms with Crippen LogP contribution in [0.4, 0.5) is 0 Å². The molecule has 0 spiro atoms. The molecule has 0 saturated heterocycles. The number of nitrogens with one attached hydrogen (secondary N) is 1. The van der Waals surface area contributed by atoms with Crippen LogP contribution in [0.2, 0.25) is 0 Å². The van der Waals surface area contributed by atoms with Crippen molar-refractivity contribution in [3.63, 3.8) is 0 Å². The quantitative estimate of drug-likeness (QED) is 0.675. The minimum Gasteiger partial charge on any atom is -0.360 e. The molecule has 3 aromatic rings. The summed E-state index contributed by atoms with van der Waals surface area (Å²) in [5, 5.41) is 0.966. The molecule has 0 fully saturated rings. The lowest BCUT2D eigenvalue weighted by Gasteiger charge is -2.04. The van der Waals surface area contributed by atoms with E-state index in [-0.39, 0.29) is 5.78 Å². The Bertz CT molecular complexity index is 817. The van der Waals surface area contributed by atoms with E-state index in [9.17, 15) is 4.79 Å². The number of aromatic nitrogens is 1. The molecule has 100 valence electrons. The summed E-state index contributed by atoms with van der Waals surface area (Å²) >= 11 is 3.48. The molecule has 2 aromatic carbocycles. The SMILES string of the molecule is Cc1ccc(C(=O)c2c[nH]c3cc(C)ccc23)c(Br)c1. The number of aryl methyl sites for hydroxylation is 2. The monoisotopic (exact) mass is 327 g/mol. The van der Waals surface area contributed by atoms with Crippen LogP contribution < -0.4 is 0 Å². The van der Waals surface area contributed by atoms with E-state index in [0.717, 1.165) is 20.9 Å². The van der Waals surface area contributed by atoms with Crippen LogP contribution in [-0.4, -0.2) is 10.8 Å². The number of H-pyrrole nitrogens is 1. The van der Waals surface area contributed by atoms with Crippen molar-refractivity contribution in [1.29, 1.82) is 0 Å². The Morgan fingerprint density at radius 2 is 1.70 bits per heavy atom. The average molecular weight is 328 g/mol. The molecule has 2 nitrogen and oxygen atoms in total. The first-order valence-corrected chi connectivity index (χ1v) is 7.24. The number of carbonyl (C=O) groups is 1. The number of halogens is 1. The molecule has 20 heavy (non-hydrogen) atoms. The van der Waals surface area contributed by atoms with Gasteiger partial charge in [-0.15, -0.1) is 0 Å². The zero-order chi connectivity index (χ0) is 14.3. The largest absolute Gasteiger partial charge is 0.360 e. The van der Waals surface area contributed by atoms with Crippen LogP contribution in [0.25, 0.3) is 10.9 Å². The van der Waals surface area contributed by atoms with Crippen LogP contribution >= 0.6 is 15.9 Å². The van der Waals surface area contributed by atoms with Gasteiger partial charge in [-0.1, -0.05) is 34.1 Å². The minimum absolute atomic E-state index is 0.0342. The molecule has 0 aliphatic carbocycles. The van der Waals surface area contributed by atoms with Gasteiger partial charge < -0.3 is 4.98 Å². The molecule has 0 saturated carbocycles. The molecule has 0 unspecified atom stereocenters. The predicted octanol–water partition coefficient (Wildman–Crippen LogP) is 4.78. The highest BCUT2D eigenvalue weighted by Gasteiger charge is 2.16. The van der Waals surface area contributed by atoms with Crippen LogP contribution in [0, 0.1) is 13.8 Å². The Labute approximate surface area is 126 Å². The summed E-state index contributed by atoms with van der Waals surface area (Å²) in [6.07, 6.45) is 1.79. The lowest BCUT2D eigenvalue weighted by Crippen LogP contribution is -2.01. The maximum absolute atomic E-state index is 12.7. The van der Waals surface area contributed by atoms with Gasteiger partial charge in [0.2, 0.25) is 0 Å². The van der Waals surface area contributed by atoms with E-state index in [4.69, 9.17) is 0 Å². The summed E-state index contributed by atoms with van der Waals surface area (Å²) in [5.41, 5.74) is 4.70. The fraction of sp³-hybridized carbons (Fsp3) is 0.118. The normalized spacial score (nSPS) is 10.9. The maximum Gasteiger partial charge on any atom is 0.196 e. The van der Waals surface area contributed by atoms with Gasteiger partial charge in [0.15, 0.2) is 5.78 Å². The summed E-state index contributed by atoms with van der Waals surface area (Å²) in [6, 6.07) is 11.9. The van der Waals surface area contributed by atoms with Gasteiger partial charge in [-0.2, -0.15) is 0 Å². The summed E-state index contributed by atoms with van der Waals surface area (Å²) in [7, 11) is 0. The highest BCUT2D eigenvalue weighted by atomic mass is 79.9. The van der Waals surface area contributed by atoms with E-state index in [1.807, 2.05) is 44.2 Å². The number of carbonyl (C=O) groups excluding carboxylic acids is 1. The first-order valence-electron chi connectivity index (χ1n) is 6.45. The molecule has 0 aliphatic rings. The molecular weight excluding hydrogens is 314 g/mol.